The molecule has 0 spiro atoms. The van der Waals surface area contributed by atoms with Crippen molar-refractivity contribution in [1.29, 1.82) is 0 Å². The summed E-state index contributed by atoms with van der Waals surface area (Å²) in [5.74, 6) is 0.675. The molecular formula is C24H29F2NO4. The maximum atomic E-state index is 14.1. The molecule has 1 saturated heterocycles. The van der Waals surface area contributed by atoms with Crippen LogP contribution in [0.4, 0.5) is 8.78 Å². The third-order valence-electron chi connectivity index (χ3n) is 5.30. The van der Waals surface area contributed by atoms with Crippen LogP contribution in [0.25, 0.3) is 0 Å². The zero-order chi connectivity index (χ0) is 23.0. The number of alkyl halides is 2. The van der Waals surface area contributed by atoms with E-state index in [-0.39, 0.29) is 12.5 Å². The number of aliphatic hydroxyl groups is 1. The lowest BCUT2D eigenvalue weighted by Gasteiger charge is -2.22. The molecule has 3 atom stereocenters. The van der Waals surface area contributed by atoms with Gasteiger partial charge in [0.25, 0.3) is 5.91 Å². The first kappa shape index (κ1) is 24.5. The van der Waals surface area contributed by atoms with Gasteiger partial charge >= 0.3 is 11.9 Å². The van der Waals surface area contributed by atoms with Crippen LogP contribution in [-0.2, 0) is 16.0 Å². The van der Waals surface area contributed by atoms with Crippen LogP contribution in [0.1, 0.15) is 49.0 Å². The van der Waals surface area contributed by atoms with E-state index in [0.717, 1.165) is 16.9 Å². The Balaban J connectivity index is 2.04. The third kappa shape index (κ3) is 6.63. The Bertz CT molecular complexity index is 855. The van der Waals surface area contributed by atoms with Gasteiger partial charge in [0, 0.05) is 25.8 Å². The summed E-state index contributed by atoms with van der Waals surface area (Å²) in [7, 11) is 1.29. The number of aliphatic hydroxyl groups excluding tert-OH is 1. The van der Waals surface area contributed by atoms with Crippen molar-refractivity contribution in [3.63, 3.8) is 0 Å². The van der Waals surface area contributed by atoms with Gasteiger partial charge < -0.3 is 14.7 Å². The van der Waals surface area contributed by atoms with E-state index < -0.39 is 36.4 Å². The van der Waals surface area contributed by atoms with Crippen molar-refractivity contribution < 1.29 is 28.2 Å². The smallest absolute Gasteiger partial charge is 0.337 e. The minimum Gasteiger partial charge on any atom is -0.465 e. The normalized spacial score (nSPS) is 19.7. The second-order valence-electron chi connectivity index (χ2n) is 7.68. The van der Waals surface area contributed by atoms with Crippen molar-refractivity contribution in [1.82, 2.24) is 4.90 Å². The molecule has 168 valence electrons. The minimum absolute atomic E-state index is 0.106. The second kappa shape index (κ2) is 11.1. The molecule has 0 saturated carbocycles. The molecule has 1 heterocycles. The molecule has 2 rings (SSSR count). The predicted octanol–water partition coefficient (Wildman–Crippen LogP) is 3.61. The number of carbonyl (C=O) groups is 2. The zero-order valence-corrected chi connectivity index (χ0v) is 18.1. The highest BCUT2D eigenvalue weighted by atomic mass is 19.3. The van der Waals surface area contributed by atoms with Crippen LogP contribution in [-0.4, -0.2) is 53.6 Å². The zero-order valence-electron chi connectivity index (χ0n) is 18.1. The van der Waals surface area contributed by atoms with Gasteiger partial charge in [-0.15, -0.1) is 11.8 Å². The highest BCUT2D eigenvalue weighted by molar-refractivity contribution is 5.89. The number of nitrogens with zero attached hydrogens (tertiary/aromatic N) is 1. The van der Waals surface area contributed by atoms with Gasteiger partial charge in [-0.2, -0.15) is 8.78 Å². The Morgan fingerprint density at radius 3 is 2.65 bits per heavy atom. The SMILES string of the molecule is CCC#CC[C@H](C)[C@H](O)C=C[C@H]1CC(F)(F)C(=O)N1CCc1ccc(C(=O)OC)cc1. The molecule has 0 unspecified atom stereocenters. The number of rotatable bonds is 8. The average molecular weight is 433 g/mol. The van der Waals surface area contributed by atoms with Gasteiger partial charge in [0.2, 0.25) is 0 Å². The Morgan fingerprint density at radius 1 is 1.35 bits per heavy atom. The van der Waals surface area contributed by atoms with Crippen LogP contribution in [0, 0.1) is 17.8 Å². The topological polar surface area (TPSA) is 66.8 Å². The third-order valence-corrected chi connectivity index (χ3v) is 5.30. The number of hydrogen-bond donors (Lipinski definition) is 1. The van der Waals surface area contributed by atoms with Gasteiger partial charge in [-0.3, -0.25) is 4.79 Å². The number of methoxy groups -OCH3 is 1. The number of likely N-dealkylation sites (tertiary alicyclic amines) is 1. The first-order chi connectivity index (χ1) is 14.7. The van der Waals surface area contributed by atoms with Crippen LogP contribution in [0.2, 0.25) is 0 Å². The van der Waals surface area contributed by atoms with Crippen molar-refractivity contribution in [2.24, 2.45) is 5.92 Å². The number of carbonyl (C=O) groups excluding carboxylic acids is 2. The number of hydrogen-bond acceptors (Lipinski definition) is 4. The van der Waals surface area contributed by atoms with Crippen LogP contribution in [0.3, 0.4) is 0 Å². The minimum atomic E-state index is -3.42. The Morgan fingerprint density at radius 2 is 2.03 bits per heavy atom. The van der Waals surface area contributed by atoms with Crippen molar-refractivity contribution in [3.05, 3.63) is 47.5 Å². The number of ether oxygens (including phenoxy) is 1. The number of benzene rings is 1. The van der Waals surface area contributed by atoms with Gasteiger partial charge in [-0.1, -0.05) is 38.1 Å². The molecule has 1 amide bonds. The second-order valence-corrected chi connectivity index (χ2v) is 7.68. The number of amides is 1. The molecule has 7 heteroatoms. The highest BCUT2D eigenvalue weighted by Gasteiger charge is 2.52. The number of halogens is 2. The molecule has 1 aliphatic rings. The summed E-state index contributed by atoms with van der Waals surface area (Å²) in [4.78, 5) is 24.8. The summed E-state index contributed by atoms with van der Waals surface area (Å²) < 4.78 is 32.8. The van der Waals surface area contributed by atoms with E-state index in [1.807, 2.05) is 13.8 Å². The summed E-state index contributed by atoms with van der Waals surface area (Å²) >= 11 is 0. The summed E-state index contributed by atoms with van der Waals surface area (Å²) in [6, 6.07) is 5.81. The highest BCUT2D eigenvalue weighted by Crippen LogP contribution is 2.34. The first-order valence-corrected chi connectivity index (χ1v) is 10.4. The monoisotopic (exact) mass is 433 g/mol. The Kier molecular flexibility index (Phi) is 8.76. The molecule has 1 aliphatic heterocycles. The molecule has 5 nitrogen and oxygen atoms in total. The van der Waals surface area contributed by atoms with E-state index in [0.29, 0.717) is 18.4 Å². The maximum Gasteiger partial charge on any atom is 0.337 e. The van der Waals surface area contributed by atoms with Crippen LogP contribution in [0.15, 0.2) is 36.4 Å². The fourth-order valence-electron chi connectivity index (χ4n) is 3.35. The van der Waals surface area contributed by atoms with E-state index in [9.17, 15) is 23.5 Å². The Hall–Kier alpha value is -2.72. The predicted molar refractivity (Wildman–Crippen MR) is 114 cm³/mol. The molecule has 1 aromatic rings. The first-order valence-electron chi connectivity index (χ1n) is 10.4. The fourth-order valence-corrected chi connectivity index (χ4v) is 3.35. The number of esters is 1. The fraction of sp³-hybridized carbons (Fsp3) is 0.500. The van der Waals surface area contributed by atoms with Gasteiger partial charge in [-0.25, -0.2) is 4.79 Å². The lowest BCUT2D eigenvalue weighted by molar-refractivity contribution is -0.148. The van der Waals surface area contributed by atoms with Crippen LogP contribution in [0.5, 0.6) is 0 Å². The molecule has 1 aromatic carbocycles. The lowest BCUT2D eigenvalue weighted by Crippen LogP contribution is -2.37. The summed E-state index contributed by atoms with van der Waals surface area (Å²) in [6.07, 6.45) is 3.13. The average Bonchev–Trinajstić information content (AvgIpc) is 2.98. The summed E-state index contributed by atoms with van der Waals surface area (Å²) in [5.41, 5.74) is 1.20. The molecule has 0 bridgehead atoms. The molecular weight excluding hydrogens is 404 g/mol. The van der Waals surface area contributed by atoms with Crippen molar-refractivity contribution >= 4 is 11.9 Å². The van der Waals surface area contributed by atoms with Gasteiger partial charge in [-0.05, 0) is 30.0 Å². The lowest BCUT2D eigenvalue weighted by atomic mass is 9.99. The van der Waals surface area contributed by atoms with E-state index >= 15 is 0 Å². The molecule has 0 radical (unpaired) electrons. The van der Waals surface area contributed by atoms with E-state index in [2.05, 4.69) is 16.6 Å². The van der Waals surface area contributed by atoms with Crippen molar-refractivity contribution in [2.75, 3.05) is 13.7 Å². The molecule has 1 fully saturated rings. The van der Waals surface area contributed by atoms with E-state index in [1.165, 1.54) is 19.3 Å². The van der Waals surface area contributed by atoms with Gasteiger partial charge in [0.1, 0.15) is 0 Å². The van der Waals surface area contributed by atoms with Crippen LogP contribution < -0.4 is 0 Å². The van der Waals surface area contributed by atoms with E-state index in [4.69, 9.17) is 0 Å². The maximum absolute atomic E-state index is 14.1. The van der Waals surface area contributed by atoms with Crippen LogP contribution >= 0.6 is 0 Å². The molecule has 0 aromatic heterocycles. The quantitative estimate of drug-likeness (QED) is 0.386. The van der Waals surface area contributed by atoms with E-state index in [1.54, 1.807) is 24.3 Å². The Labute approximate surface area is 182 Å². The van der Waals surface area contributed by atoms with Gasteiger partial charge in [0.05, 0.1) is 24.8 Å². The summed E-state index contributed by atoms with van der Waals surface area (Å²) in [6.45, 7) is 3.88. The molecule has 0 aliphatic carbocycles. The van der Waals surface area contributed by atoms with Gasteiger partial charge in [0.15, 0.2) is 0 Å². The molecule has 31 heavy (non-hydrogen) atoms. The summed E-state index contributed by atoms with van der Waals surface area (Å²) in [5, 5.41) is 10.3. The molecule has 1 N–H and O–H groups in total. The largest absolute Gasteiger partial charge is 0.465 e. The standard InChI is InChI=1S/C24H29F2NO4/c1-4-5-6-7-17(2)21(28)13-12-20-16-24(25,26)23(30)27(20)15-14-18-8-10-19(11-9-18)22(29)31-3/h8-13,17,20-21,28H,4,7,14-16H2,1-3H3/t17-,20-,21+/m0/s1. The van der Waals surface area contributed by atoms with Crippen molar-refractivity contribution in [3.8, 4) is 11.8 Å². The van der Waals surface area contributed by atoms with Crippen molar-refractivity contribution in [2.45, 2.75) is 57.6 Å².